The molecule has 110 valence electrons. The van der Waals surface area contributed by atoms with E-state index in [4.69, 9.17) is 5.11 Å². The van der Waals surface area contributed by atoms with E-state index in [-0.39, 0.29) is 18.7 Å². The van der Waals surface area contributed by atoms with Gasteiger partial charge in [-0.3, -0.25) is 0 Å². The van der Waals surface area contributed by atoms with Gasteiger partial charge in [0.2, 0.25) is 0 Å². The van der Waals surface area contributed by atoms with Gasteiger partial charge in [-0.25, -0.2) is 4.79 Å². The monoisotopic (exact) mass is 276 g/mol. The van der Waals surface area contributed by atoms with Crippen LogP contribution in [0.2, 0.25) is 0 Å². The van der Waals surface area contributed by atoms with Crippen molar-refractivity contribution in [1.29, 1.82) is 0 Å². The molecule has 0 aromatic heterocycles. The first kappa shape index (κ1) is 14.9. The van der Waals surface area contributed by atoms with Crippen molar-refractivity contribution in [1.82, 2.24) is 10.6 Å². The van der Waals surface area contributed by atoms with Crippen LogP contribution in [0.15, 0.2) is 24.3 Å². The molecular formula is C16H24N2O2. The molecule has 1 saturated carbocycles. The zero-order chi connectivity index (χ0) is 14.4. The molecule has 0 bridgehead atoms. The van der Waals surface area contributed by atoms with Crippen molar-refractivity contribution in [2.45, 2.75) is 45.2 Å². The Morgan fingerprint density at radius 1 is 1.25 bits per heavy atom. The molecule has 0 saturated heterocycles. The summed E-state index contributed by atoms with van der Waals surface area (Å²) < 4.78 is 0. The van der Waals surface area contributed by atoms with Crippen LogP contribution in [0.5, 0.6) is 0 Å². The quantitative estimate of drug-likeness (QED) is 0.772. The zero-order valence-corrected chi connectivity index (χ0v) is 12.1. The molecule has 0 spiro atoms. The second kappa shape index (κ2) is 7.29. The molecule has 1 aliphatic carbocycles. The zero-order valence-electron chi connectivity index (χ0n) is 12.1. The highest BCUT2D eigenvalue weighted by Gasteiger charge is 2.24. The summed E-state index contributed by atoms with van der Waals surface area (Å²) in [5.74, 6) is 0.349. The molecule has 2 rings (SSSR count). The SMILES string of the molecule is CCc1ccc(CNC(=O)N[C@H]2CC[C@@H](CO)C2)cc1. The summed E-state index contributed by atoms with van der Waals surface area (Å²) >= 11 is 0. The molecule has 0 aliphatic heterocycles. The van der Waals surface area contributed by atoms with Gasteiger partial charge in [-0.15, -0.1) is 0 Å². The smallest absolute Gasteiger partial charge is 0.315 e. The summed E-state index contributed by atoms with van der Waals surface area (Å²) in [4.78, 5) is 11.8. The van der Waals surface area contributed by atoms with E-state index in [1.807, 2.05) is 0 Å². The number of rotatable bonds is 5. The maximum Gasteiger partial charge on any atom is 0.315 e. The Kier molecular flexibility index (Phi) is 5.41. The summed E-state index contributed by atoms with van der Waals surface area (Å²) in [6, 6.07) is 8.38. The molecule has 1 aromatic rings. The third-order valence-electron chi connectivity index (χ3n) is 4.02. The lowest BCUT2D eigenvalue weighted by Crippen LogP contribution is -2.40. The lowest BCUT2D eigenvalue weighted by molar-refractivity contribution is 0.223. The molecule has 1 aromatic carbocycles. The van der Waals surface area contributed by atoms with Gasteiger partial charge in [-0.2, -0.15) is 0 Å². The molecule has 2 atom stereocenters. The minimum absolute atomic E-state index is 0.117. The number of urea groups is 1. The van der Waals surface area contributed by atoms with Crippen LogP contribution in [-0.2, 0) is 13.0 Å². The van der Waals surface area contributed by atoms with Crippen LogP contribution >= 0.6 is 0 Å². The van der Waals surface area contributed by atoms with Crippen LogP contribution in [0, 0.1) is 5.92 Å². The molecule has 1 aliphatic rings. The van der Waals surface area contributed by atoms with Gasteiger partial charge in [-0.05, 0) is 42.7 Å². The van der Waals surface area contributed by atoms with E-state index in [1.54, 1.807) is 0 Å². The third kappa shape index (κ3) is 4.23. The van der Waals surface area contributed by atoms with Gasteiger partial charge >= 0.3 is 6.03 Å². The Morgan fingerprint density at radius 3 is 2.55 bits per heavy atom. The normalized spacial score (nSPS) is 21.7. The number of carbonyl (C=O) groups excluding carboxylic acids is 1. The predicted molar refractivity (Wildman–Crippen MR) is 79.4 cm³/mol. The van der Waals surface area contributed by atoms with E-state index in [2.05, 4.69) is 41.8 Å². The number of carbonyl (C=O) groups is 1. The van der Waals surface area contributed by atoms with Gasteiger partial charge < -0.3 is 15.7 Å². The Morgan fingerprint density at radius 2 is 1.95 bits per heavy atom. The minimum Gasteiger partial charge on any atom is -0.396 e. The summed E-state index contributed by atoms with van der Waals surface area (Å²) in [6.45, 7) is 2.90. The predicted octanol–water partition coefficient (Wildman–Crippen LogP) is 2.21. The Bertz CT molecular complexity index is 431. The van der Waals surface area contributed by atoms with E-state index in [1.165, 1.54) is 5.56 Å². The number of hydrogen-bond acceptors (Lipinski definition) is 2. The summed E-state index contributed by atoms with van der Waals surface area (Å²) in [6.07, 6.45) is 3.88. The van der Waals surface area contributed by atoms with Gasteiger partial charge in [0.15, 0.2) is 0 Å². The fourth-order valence-electron chi connectivity index (χ4n) is 2.68. The summed E-state index contributed by atoms with van der Waals surface area (Å²) in [5, 5.41) is 14.9. The fourth-order valence-corrected chi connectivity index (χ4v) is 2.68. The maximum absolute atomic E-state index is 11.8. The Hall–Kier alpha value is -1.55. The van der Waals surface area contributed by atoms with Crippen LogP contribution in [0.3, 0.4) is 0 Å². The average molecular weight is 276 g/mol. The van der Waals surface area contributed by atoms with Crippen molar-refractivity contribution >= 4 is 6.03 Å². The molecule has 0 radical (unpaired) electrons. The Labute approximate surface area is 120 Å². The number of aryl methyl sites for hydroxylation is 1. The number of hydrogen-bond donors (Lipinski definition) is 3. The van der Waals surface area contributed by atoms with Crippen LogP contribution in [0.1, 0.15) is 37.3 Å². The van der Waals surface area contributed by atoms with Crippen molar-refractivity contribution in [3.8, 4) is 0 Å². The van der Waals surface area contributed by atoms with E-state index < -0.39 is 0 Å². The lowest BCUT2D eigenvalue weighted by atomic mass is 10.1. The molecule has 2 amide bonds. The van der Waals surface area contributed by atoms with E-state index >= 15 is 0 Å². The molecule has 0 unspecified atom stereocenters. The highest BCUT2D eigenvalue weighted by Crippen LogP contribution is 2.24. The minimum atomic E-state index is -0.117. The third-order valence-corrected chi connectivity index (χ3v) is 4.02. The van der Waals surface area contributed by atoms with Crippen LogP contribution in [0.4, 0.5) is 4.79 Å². The molecule has 4 nitrogen and oxygen atoms in total. The number of benzene rings is 1. The van der Waals surface area contributed by atoms with Gasteiger partial charge in [0, 0.05) is 19.2 Å². The van der Waals surface area contributed by atoms with Crippen molar-refractivity contribution in [2.75, 3.05) is 6.61 Å². The van der Waals surface area contributed by atoms with E-state index in [9.17, 15) is 4.79 Å². The standard InChI is InChI=1S/C16H24N2O2/c1-2-12-3-5-13(6-4-12)10-17-16(20)18-15-8-7-14(9-15)11-19/h3-6,14-15,19H,2,7-11H2,1H3,(H2,17,18,20)/t14-,15+/m1/s1. The van der Waals surface area contributed by atoms with Crippen LogP contribution < -0.4 is 10.6 Å². The first-order chi connectivity index (χ1) is 9.71. The maximum atomic E-state index is 11.8. The molecule has 0 heterocycles. The second-order valence-corrected chi connectivity index (χ2v) is 5.56. The highest BCUT2D eigenvalue weighted by atomic mass is 16.3. The molecular weight excluding hydrogens is 252 g/mol. The lowest BCUT2D eigenvalue weighted by Gasteiger charge is -2.14. The largest absolute Gasteiger partial charge is 0.396 e. The first-order valence-electron chi connectivity index (χ1n) is 7.44. The number of aliphatic hydroxyl groups is 1. The first-order valence-corrected chi connectivity index (χ1v) is 7.44. The molecule has 3 N–H and O–H groups in total. The molecule has 1 fully saturated rings. The van der Waals surface area contributed by atoms with Crippen molar-refractivity contribution < 1.29 is 9.90 Å². The van der Waals surface area contributed by atoms with Crippen LogP contribution in [0.25, 0.3) is 0 Å². The molecule has 4 heteroatoms. The van der Waals surface area contributed by atoms with E-state index in [0.717, 1.165) is 31.2 Å². The Balaban J connectivity index is 1.72. The van der Waals surface area contributed by atoms with Crippen molar-refractivity contribution in [3.63, 3.8) is 0 Å². The second-order valence-electron chi connectivity index (χ2n) is 5.56. The highest BCUT2D eigenvalue weighted by molar-refractivity contribution is 5.74. The van der Waals surface area contributed by atoms with Crippen molar-refractivity contribution in [2.24, 2.45) is 5.92 Å². The molecule has 20 heavy (non-hydrogen) atoms. The number of nitrogens with one attached hydrogen (secondary N) is 2. The van der Waals surface area contributed by atoms with Gasteiger partial charge in [-0.1, -0.05) is 31.2 Å². The van der Waals surface area contributed by atoms with Gasteiger partial charge in [0.05, 0.1) is 0 Å². The average Bonchev–Trinajstić information content (AvgIpc) is 2.93. The summed E-state index contributed by atoms with van der Waals surface area (Å²) in [5.41, 5.74) is 2.41. The van der Waals surface area contributed by atoms with Crippen molar-refractivity contribution in [3.05, 3.63) is 35.4 Å². The van der Waals surface area contributed by atoms with Crippen LogP contribution in [-0.4, -0.2) is 23.8 Å². The topological polar surface area (TPSA) is 61.4 Å². The van der Waals surface area contributed by atoms with Gasteiger partial charge in [0.1, 0.15) is 0 Å². The summed E-state index contributed by atoms with van der Waals surface area (Å²) in [7, 11) is 0. The van der Waals surface area contributed by atoms with Gasteiger partial charge in [0.25, 0.3) is 0 Å². The number of aliphatic hydroxyl groups excluding tert-OH is 1. The fraction of sp³-hybridized carbons (Fsp3) is 0.562. The number of amides is 2. The van der Waals surface area contributed by atoms with E-state index in [0.29, 0.717) is 12.5 Å².